The Morgan fingerprint density at radius 2 is 1.73 bits per heavy atom. The molecule has 0 aromatic heterocycles. The second kappa shape index (κ2) is 5.08. The predicted octanol–water partition coefficient (Wildman–Crippen LogP) is 1.24. The number of hydrogen-bond acceptors (Lipinski definition) is 2. The lowest BCUT2D eigenvalue weighted by Crippen LogP contribution is -2.32. The summed E-state index contributed by atoms with van der Waals surface area (Å²) >= 11 is 0. The molecule has 1 heterocycles. The maximum Gasteiger partial charge on any atom is 0.0146 e. The minimum atomic E-state index is 0.996. The lowest BCUT2D eigenvalue weighted by Gasteiger charge is -2.27. The molecule has 0 aromatic rings. The second-order valence-electron chi connectivity index (χ2n) is 3.22. The number of hydrogen-bond donors (Lipinski definition) is 0. The Bertz CT molecular complexity index is 108. The molecule has 2 nitrogen and oxygen atoms in total. The van der Waals surface area contributed by atoms with Gasteiger partial charge in [0.05, 0.1) is 0 Å². The van der Waals surface area contributed by atoms with Gasteiger partial charge in [0.1, 0.15) is 0 Å². The highest BCUT2D eigenvalue weighted by Crippen LogP contribution is 2.14. The van der Waals surface area contributed by atoms with Crippen molar-refractivity contribution in [3.8, 4) is 0 Å². The van der Waals surface area contributed by atoms with Crippen molar-refractivity contribution >= 4 is 8.73 Å². The highest BCUT2D eigenvalue weighted by Gasteiger charge is 2.07. The fraction of sp³-hybridized carbons (Fsp3) is 1.00. The lowest BCUT2D eigenvalue weighted by molar-refractivity contribution is 0.266. The second-order valence-corrected chi connectivity index (χ2v) is 4.30. The van der Waals surface area contributed by atoms with E-state index in [1.807, 2.05) is 0 Å². The SMILES string of the molecule is CPN1CCCCN(C)CC1. The Hall–Kier alpha value is 0.350. The van der Waals surface area contributed by atoms with Crippen molar-refractivity contribution in [3.63, 3.8) is 0 Å². The largest absolute Gasteiger partial charge is 0.305 e. The lowest BCUT2D eigenvalue weighted by atomic mass is 10.2. The maximum absolute atomic E-state index is 2.57. The molecule has 1 aliphatic rings. The minimum absolute atomic E-state index is 0.996. The summed E-state index contributed by atoms with van der Waals surface area (Å²) in [7, 11) is 3.22. The van der Waals surface area contributed by atoms with Gasteiger partial charge >= 0.3 is 0 Å². The zero-order valence-corrected chi connectivity index (χ0v) is 8.64. The summed E-state index contributed by atoms with van der Waals surface area (Å²) < 4.78 is 2.57. The molecule has 0 spiro atoms. The van der Waals surface area contributed by atoms with Crippen LogP contribution >= 0.6 is 8.73 Å². The van der Waals surface area contributed by atoms with Gasteiger partial charge in [-0.15, -0.1) is 0 Å². The first-order chi connectivity index (χ1) is 5.33. The molecule has 11 heavy (non-hydrogen) atoms. The van der Waals surface area contributed by atoms with E-state index in [1.54, 1.807) is 0 Å². The van der Waals surface area contributed by atoms with Crippen molar-refractivity contribution in [2.24, 2.45) is 0 Å². The third kappa shape index (κ3) is 3.50. The van der Waals surface area contributed by atoms with Gasteiger partial charge in [0.15, 0.2) is 0 Å². The summed E-state index contributed by atoms with van der Waals surface area (Å²) in [5.41, 5.74) is 0. The van der Waals surface area contributed by atoms with Crippen LogP contribution < -0.4 is 0 Å². The van der Waals surface area contributed by atoms with Gasteiger partial charge < -0.3 is 4.90 Å². The topological polar surface area (TPSA) is 6.48 Å². The average Bonchev–Trinajstić information content (AvgIpc) is 1.98. The molecular formula is C8H19N2P. The molecule has 0 aromatic carbocycles. The van der Waals surface area contributed by atoms with E-state index < -0.39 is 0 Å². The standard InChI is InChI=1S/C8H19N2P/c1-9-5-3-4-6-10(11-2)8-7-9/h11H,3-8H2,1-2H3. The summed E-state index contributed by atoms with van der Waals surface area (Å²) in [4.78, 5) is 2.44. The van der Waals surface area contributed by atoms with Crippen LogP contribution in [0, 0.1) is 0 Å². The van der Waals surface area contributed by atoms with Crippen molar-refractivity contribution in [1.82, 2.24) is 9.57 Å². The van der Waals surface area contributed by atoms with Crippen LogP contribution in [0.15, 0.2) is 0 Å². The van der Waals surface area contributed by atoms with Gasteiger partial charge in [-0.1, -0.05) is 8.73 Å². The van der Waals surface area contributed by atoms with Crippen molar-refractivity contribution in [2.75, 3.05) is 39.9 Å². The van der Waals surface area contributed by atoms with Crippen LogP contribution in [0.5, 0.6) is 0 Å². The van der Waals surface area contributed by atoms with Gasteiger partial charge in [-0.3, -0.25) is 4.67 Å². The first kappa shape index (κ1) is 9.44. The summed E-state index contributed by atoms with van der Waals surface area (Å²) in [5.74, 6) is 0. The third-order valence-electron chi connectivity index (χ3n) is 2.29. The van der Waals surface area contributed by atoms with Gasteiger partial charge in [0, 0.05) is 19.6 Å². The summed E-state index contributed by atoms with van der Waals surface area (Å²) in [6.07, 6.45) is 2.75. The predicted molar refractivity (Wildman–Crippen MR) is 52.5 cm³/mol. The van der Waals surface area contributed by atoms with Crippen LogP contribution in [-0.4, -0.2) is 49.5 Å². The van der Waals surface area contributed by atoms with Gasteiger partial charge in [-0.2, -0.15) is 0 Å². The van der Waals surface area contributed by atoms with Crippen LogP contribution in [-0.2, 0) is 0 Å². The molecule has 0 bridgehead atoms. The Morgan fingerprint density at radius 1 is 1.00 bits per heavy atom. The molecule has 1 rings (SSSR count). The molecule has 1 unspecified atom stereocenters. The fourth-order valence-electron chi connectivity index (χ4n) is 1.42. The zero-order valence-electron chi connectivity index (χ0n) is 7.64. The smallest absolute Gasteiger partial charge is 0.0146 e. The molecule has 0 aliphatic carbocycles. The van der Waals surface area contributed by atoms with Crippen LogP contribution in [0.25, 0.3) is 0 Å². The zero-order chi connectivity index (χ0) is 8.10. The quantitative estimate of drug-likeness (QED) is 0.552. The molecule has 0 N–H and O–H groups in total. The van der Waals surface area contributed by atoms with E-state index in [4.69, 9.17) is 0 Å². The van der Waals surface area contributed by atoms with Crippen LogP contribution in [0.2, 0.25) is 0 Å². The maximum atomic E-state index is 2.57. The normalized spacial score (nSPS) is 25.6. The van der Waals surface area contributed by atoms with E-state index in [2.05, 4.69) is 23.3 Å². The van der Waals surface area contributed by atoms with Crippen LogP contribution in [0.4, 0.5) is 0 Å². The summed E-state index contributed by atoms with van der Waals surface area (Å²) in [5, 5.41) is 0. The minimum Gasteiger partial charge on any atom is -0.305 e. The third-order valence-corrected chi connectivity index (χ3v) is 3.37. The molecule has 1 atom stereocenters. The molecule has 1 aliphatic heterocycles. The Labute approximate surface area is 71.8 Å². The van der Waals surface area contributed by atoms with E-state index >= 15 is 0 Å². The van der Waals surface area contributed by atoms with E-state index in [9.17, 15) is 0 Å². The van der Waals surface area contributed by atoms with Crippen molar-refractivity contribution in [1.29, 1.82) is 0 Å². The van der Waals surface area contributed by atoms with Gasteiger partial charge in [0.2, 0.25) is 0 Å². The number of rotatable bonds is 1. The highest BCUT2D eigenvalue weighted by atomic mass is 31.1. The molecule has 0 amide bonds. The first-order valence-electron chi connectivity index (χ1n) is 4.44. The molecular weight excluding hydrogens is 155 g/mol. The van der Waals surface area contributed by atoms with Crippen molar-refractivity contribution in [2.45, 2.75) is 12.8 Å². The molecule has 3 heteroatoms. The number of nitrogens with zero attached hydrogens (tertiary/aromatic N) is 2. The molecule has 1 fully saturated rings. The average molecular weight is 174 g/mol. The van der Waals surface area contributed by atoms with Crippen LogP contribution in [0.3, 0.4) is 0 Å². The van der Waals surface area contributed by atoms with E-state index in [0.717, 1.165) is 8.73 Å². The summed E-state index contributed by atoms with van der Waals surface area (Å²) in [6, 6.07) is 0. The van der Waals surface area contributed by atoms with E-state index in [1.165, 1.54) is 39.0 Å². The van der Waals surface area contributed by atoms with Crippen molar-refractivity contribution in [3.05, 3.63) is 0 Å². The van der Waals surface area contributed by atoms with Crippen LogP contribution in [0.1, 0.15) is 12.8 Å². The van der Waals surface area contributed by atoms with Crippen molar-refractivity contribution < 1.29 is 0 Å². The Balaban J connectivity index is 2.25. The highest BCUT2D eigenvalue weighted by molar-refractivity contribution is 7.34. The molecule has 1 saturated heterocycles. The Morgan fingerprint density at radius 3 is 2.45 bits per heavy atom. The molecule has 0 saturated carbocycles. The summed E-state index contributed by atoms with van der Waals surface area (Å²) in [6.45, 7) is 7.41. The molecule has 0 radical (unpaired) electrons. The Kier molecular flexibility index (Phi) is 4.36. The fourth-order valence-corrected chi connectivity index (χ4v) is 2.13. The number of likely N-dealkylation sites (N-methyl/N-ethyl adjacent to an activating group) is 1. The van der Waals surface area contributed by atoms with Gasteiger partial charge in [0.25, 0.3) is 0 Å². The van der Waals surface area contributed by atoms with Gasteiger partial charge in [-0.25, -0.2) is 0 Å². The monoisotopic (exact) mass is 174 g/mol. The van der Waals surface area contributed by atoms with E-state index in [0.29, 0.717) is 0 Å². The van der Waals surface area contributed by atoms with E-state index in [-0.39, 0.29) is 0 Å². The van der Waals surface area contributed by atoms with Gasteiger partial charge in [-0.05, 0) is 33.1 Å². The molecule has 66 valence electrons. The first-order valence-corrected chi connectivity index (χ1v) is 5.88.